The van der Waals surface area contributed by atoms with Crippen LogP contribution < -0.4 is 4.74 Å². The van der Waals surface area contributed by atoms with Crippen molar-refractivity contribution in [2.45, 2.75) is 19.8 Å². The van der Waals surface area contributed by atoms with Crippen LogP contribution in [0.3, 0.4) is 0 Å². The molecule has 100 valence electrons. The van der Waals surface area contributed by atoms with Gasteiger partial charge < -0.3 is 9.15 Å². The van der Waals surface area contributed by atoms with Gasteiger partial charge in [0.15, 0.2) is 0 Å². The van der Waals surface area contributed by atoms with Gasteiger partial charge in [0.25, 0.3) is 0 Å². The van der Waals surface area contributed by atoms with Gasteiger partial charge in [0.2, 0.25) is 5.71 Å². The SMILES string of the molecule is COc1c2c(nc3occc13)-c1ccc(C)cc1CC2. The minimum atomic E-state index is 0.647. The van der Waals surface area contributed by atoms with Gasteiger partial charge in [-0.05, 0) is 31.4 Å². The quantitative estimate of drug-likeness (QED) is 0.669. The molecule has 1 aromatic carbocycles. The summed E-state index contributed by atoms with van der Waals surface area (Å²) in [4.78, 5) is 4.71. The van der Waals surface area contributed by atoms with E-state index in [9.17, 15) is 0 Å². The van der Waals surface area contributed by atoms with Crippen molar-refractivity contribution in [1.82, 2.24) is 4.98 Å². The van der Waals surface area contributed by atoms with E-state index in [0.717, 1.165) is 29.7 Å². The first-order chi connectivity index (χ1) is 9.78. The summed E-state index contributed by atoms with van der Waals surface area (Å²) in [5, 5.41) is 0.960. The van der Waals surface area contributed by atoms with E-state index in [1.54, 1.807) is 13.4 Å². The lowest BCUT2D eigenvalue weighted by molar-refractivity contribution is 0.414. The van der Waals surface area contributed by atoms with E-state index in [2.05, 4.69) is 25.1 Å². The fourth-order valence-corrected chi connectivity index (χ4v) is 3.11. The summed E-state index contributed by atoms with van der Waals surface area (Å²) in [5.74, 6) is 0.907. The van der Waals surface area contributed by atoms with Crippen LogP contribution in [0.1, 0.15) is 16.7 Å². The van der Waals surface area contributed by atoms with Crippen LogP contribution >= 0.6 is 0 Å². The summed E-state index contributed by atoms with van der Waals surface area (Å²) in [7, 11) is 1.71. The second-order valence-corrected chi connectivity index (χ2v) is 5.27. The molecule has 3 aromatic rings. The number of hydrogen-bond acceptors (Lipinski definition) is 3. The minimum Gasteiger partial charge on any atom is -0.496 e. The predicted molar refractivity (Wildman–Crippen MR) is 78.1 cm³/mol. The summed E-state index contributed by atoms with van der Waals surface area (Å²) < 4.78 is 11.1. The van der Waals surface area contributed by atoms with Crippen LogP contribution in [0.4, 0.5) is 0 Å². The Kier molecular flexibility index (Phi) is 2.36. The molecule has 20 heavy (non-hydrogen) atoms. The third kappa shape index (κ3) is 1.49. The number of methoxy groups -OCH3 is 1. The average molecular weight is 265 g/mol. The Morgan fingerprint density at radius 2 is 2.10 bits per heavy atom. The van der Waals surface area contributed by atoms with Crippen molar-refractivity contribution < 1.29 is 9.15 Å². The highest BCUT2D eigenvalue weighted by Crippen LogP contribution is 2.41. The molecule has 1 aliphatic carbocycles. The summed E-state index contributed by atoms with van der Waals surface area (Å²) in [6, 6.07) is 8.46. The van der Waals surface area contributed by atoms with Crippen LogP contribution in [0.25, 0.3) is 22.4 Å². The van der Waals surface area contributed by atoms with Crippen LogP contribution in [0.15, 0.2) is 34.9 Å². The number of aromatic nitrogens is 1. The van der Waals surface area contributed by atoms with Crippen molar-refractivity contribution in [3.8, 4) is 17.0 Å². The lowest BCUT2D eigenvalue weighted by atomic mass is 9.87. The number of benzene rings is 1. The molecule has 3 heteroatoms. The minimum absolute atomic E-state index is 0.647. The molecule has 2 aromatic heterocycles. The molecule has 4 rings (SSSR count). The fourth-order valence-electron chi connectivity index (χ4n) is 3.11. The summed E-state index contributed by atoms with van der Waals surface area (Å²) in [6.07, 6.45) is 3.66. The average Bonchev–Trinajstić information content (AvgIpc) is 2.92. The molecule has 0 aliphatic heterocycles. The zero-order chi connectivity index (χ0) is 13.7. The number of aryl methyl sites for hydroxylation is 2. The third-order valence-electron chi connectivity index (χ3n) is 4.03. The van der Waals surface area contributed by atoms with E-state index >= 15 is 0 Å². The number of ether oxygens (including phenoxy) is 1. The summed E-state index contributed by atoms with van der Waals surface area (Å²) in [5.41, 5.74) is 6.70. The van der Waals surface area contributed by atoms with Gasteiger partial charge in [-0.2, -0.15) is 0 Å². The lowest BCUT2D eigenvalue weighted by Gasteiger charge is -2.21. The van der Waals surface area contributed by atoms with Crippen LogP contribution in [0.5, 0.6) is 5.75 Å². The first kappa shape index (κ1) is 11.5. The van der Waals surface area contributed by atoms with Gasteiger partial charge >= 0.3 is 0 Å². The molecule has 0 saturated heterocycles. The van der Waals surface area contributed by atoms with Crippen molar-refractivity contribution in [2.75, 3.05) is 7.11 Å². The maximum absolute atomic E-state index is 5.62. The standard InChI is InChI=1S/C17H15NO2/c1-10-3-5-12-11(9-10)4-6-13-15(12)18-17-14(7-8-20-17)16(13)19-2/h3,5,7-9H,4,6H2,1-2H3. The van der Waals surface area contributed by atoms with Crippen LogP contribution in [0.2, 0.25) is 0 Å². The highest BCUT2D eigenvalue weighted by atomic mass is 16.5. The number of fused-ring (bicyclic) bond motifs is 4. The van der Waals surface area contributed by atoms with Gasteiger partial charge in [0.05, 0.1) is 24.5 Å². The topological polar surface area (TPSA) is 35.3 Å². The number of nitrogens with zero attached hydrogens (tertiary/aromatic N) is 1. The number of pyridine rings is 1. The Morgan fingerprint density at radius 3 is 2.95 bits per heavy atom. The largest absolute Gasteiger partial charge is 0.496 e. The Bertz CT molecular complexity index is 817. The van der Waals surface area contributed by atoms with E-state index in [-0.39, 0.29) is 0 Å². The van der Waals surface area contributed by atoms with E-state index in [4.69, 9.17) is 14.1 Å². The molecule has 0 spiro atoms. The van der Waals surface area contributed by atoms with Gasteiger partial charge in [0.1, 0.15) is 5.75 Å². The normalized spacial score (nSPS) is 13.1. The van der Waals surface area contributed by atoms with Gasteiger partial charge in [0, 0.05) is 11.1 Å². The first-order valence-corrected chi connectivity index (χ1v) is 6.82. The Balaban J connectivity index is 2.07. The van der Waals surface area contributed by atoms with E-state index < -0.39 is 0 Å². The molecule has 0 unspecified atom stereocenters. The van der Waals surface area contributed by atoms with Gasteiger partial charge in [-0.25, -0.2) is 4.98 Å². The molecule has 0 radical (unpaired) electrons. The molecule has 0 N–H and O–H groups in total. The Labute approximate surface area is 117 Å². The molecule has 1 aliphatic rings. The van der Waals surface area contributed by atoms with Crippen molar-refractivity contribution in [1.29, 1.82) is 0 Å². The van der Waals surface area contributed by atoms with E-state index in [1.165, 1.54) is 22.3 Å². The fraction of sp³-hybridized carbons (Fsp3) is 0.235. The molecule has 2 heterocycles. The molecular formula is C17H15NO2. The van der Waals surface area contributed by atoms with Crippen molar-refractivity contribution >= 4 is 11.1 Å². The number of rotatable bonds is 1. The Morgan fingerprint density at radius 1 is 1.20 bits per heavy atom. The monoisotopic (exact) mass is 265 g/mol. The predicted octanol–water partition coefficient (Wildman–Crippen LogP) is 3.91. The van der Waals surface area contributed by atoms with Crippen LogP contribution in [0, 0.1) is 6.92 Å². The molecule has 0 atom stereocenters. The van der Waals surface area contributed by atoms with E-state index in [0.29, 0.717) is 5.71 Å². The molecule has 0 bridgehead atoms. The second-order valence-electron chi connectivity index (χ2n) is 5.27. The zero-order valence-corrected chi connectivity index (χ0v) is 11.6. The lowest BCUT2D eigenvalue weighted by Crippen LogP contribution is -2.08. The van der Waals surface area contributed by atoms with Crippen molar-refractivity contribution in [3.63, 3.8) is 0 Å². The first-order valence-electron chi connectivity index (χ1n) is 6.82. The Hall–Kier alpha value is -2.29. The molecule has 0 fully saturated rings. The summed E-state index contributed by atoms with van der Waals surface area (Å²) >= 11 is 0. The second kappa shape index (κ2) is 4.10. The zero-order valence-electron chi connectivity index (χ0n) is 11.6. The maximum atomic E-state index is 5.62. The van der Waals surface area contributed by atoms with Crippen molar-refractivity contribution in [3.05, 3.63) is 47.2 Å². The maximum Gasteiger partial charge on any atom is 0.230 e. The highest BCUT2D eigenvalue weighted by Gasteiger charge is 2.24. The molecule has 0 saturated carbocycles. The molecular weight excluding hydrogens is 250 g/mol. The highest BCUT2D eigenvalue weighted by molar-refractivity contribution is 5.88. The number of furan rings is 1. The van der Waals surface area contributed by atoms with Gasteiger partial charge in [-0.1, -0.05) is 23.8 Å². The molecule has 3 nitrogen and oxygen atoms in total. The van der Waals surface area contributed by atoms with Gasteiger partial charge in [-0.3, -0.25) is 0 Å². The smallest absolute Gasteiger partial charge is 0.230 e. The van der Waals surface area contributed by atoms with Gasteiger partial charge in [-0.15, -0.1) is 0 Å². The molecule has 0 amide bonds. The van der Waals surface area contributed by atoms with Crippen molar-refractivity contribution in [2.24, 2.45) is 0 Å². The third-order valence-corrected chi connectivity index (χ3v) is 4.03. The summed E-state index contributed by atoms with van der Waals surface area (Å²) in [6.45, 7) is 2.12. The van der Waals surface area contributed by atoms with E-state index in [1.807, 2.05) is 6.07 Å². The van der Waals surface area contributed by atoms with Crippen LogP contribution in [-0.4, -0.2) is 12.1 Å². The van der Waals surface area contributed by atoms with Crippen LogP contribution in [-0.2, 0) is 12.8 Å². The number of hydrogen-bond donors (Lipinski definition) is 0.